The Balaban J connectivity index is 1.84. The fourth-order valence-electron chi connectivity index (χ4n) is 1.87. The maximum absolute atomic E-state index is 11.7. The summed E-state index contributed by atoms with van der Waals surface area (Å²) >= 11 is 0. The number of amides is 1. The van der Waals surface area contributed by atoms with Gasteiger partial charge in [-0.3, -0.25) is 4.79 Å². The molecule has 0 unspecified atom stereocenters. The normalized spacial score (nSPS) is 11.0. The Morgan fingerprint density at radius 3 is 2.30 bits per heavy atom. The minimum Gasteiger partial charge on any atom is -0.494 e. The van der Waals surface area contributed by atoms with E-state index < -0.39 is 0 Å². The van der Waals surface area contributed by atoms with Crippen molar-refractivity contribution in [2.75, 3.05) is 13.2 Å². The number of ether oxygens (including phenoxy) is 2. The van der Waals surface area contributed by atoms with Crippen LogP contribution in [0.2, 0.25) is 0 Å². The van der Waals surface area contributed by atoms with Gasteiger partial charge in [0.25, 0.3) is 5.91 Å². The summed E-state index contributed by atoms with van der Waals surface area (Å²) in [7, 11) is 0. The molecular formula is C18H20N2O3. The second-order valence-electron chi connectivity index (χ2n) is 4.79. The summed E-state index contributed by atoms with van der Waals surface area (Å²) in [5.74, 6) is 1.15. The van der Waals surface area contributed by atoms with Gasteiger partial charge in [0.1, 0.15) is 11.5 Å². The molecule has 23 heavy (non-hydrogen) atoms. The largest absolute Gasteiger partial charge is 0.494 e. The molecule has 0 aliphatic rings. The molecule has 1 amide bonds. The molecule has 0 spiro atoms. The SMILES string of the molecule is CCOc1ccc(/C(C)=N/NC(=O)COc2ccccc2)cc1. The van der Waals surface area contributed by atoms with Crippen molar-refractivity contribution in [1.29, 1.82) is 0 Å². The third kappa shape index (κ3) is 5.47. The molecule has 1 N–H and O–H groups in total. The summed E-state index contributed by atoms with van der Waals surface area (Å²) in [4.78, 5) is 11.7. The number of hydrogen-bond donors (Lipinski definition) is 1. The van der Waals surface area contributed by atoms with Crippen LogP contribution in [0.5, 0.6) is 11.5 Å². The lowest BCUT2D eigenvalue weighted by Gasteiger charge is -2.06. The van der Waals surface area contributed by atoms with Crippen LogP contribution >= 0.6 is 0 Å². The van der Waals surface area contributed by atoms with Gasteiger partial charge in [-0.05, 0) is 55.8 Å². The molecule has 0 saturated carbocycles. The number of hydrazone groups is 1. The number of nitrogens with zero attached hydrogens (tertiary/aromatic N) is 1. The number of hydrogen-bond acceptors (Lipinski definition) is 4. The quantitative estimate of drug-likeness (QED) is 0.631. The predicted molar refractivity (Wildman–Crippen MR) is 89.9 cm³/mol. The molecule has 0 fully saturated rings. The van der Waals surface area contributed by atoms with Crippen molar-refractivity contribution in [3.05, 3.63) is 60.2 Å². The van der Waals surface area contributed by atoms with Crippen LogP contribution in [0.25, 0.3) is 0 Å². The van der Waals surface area contributed by atoms with Crippen LogP contribution in [0.1, 0.15) is 19.4 Å². The molecule has 5 heteroatoms. The molecule has 0 heterocycles. The Labute approximate surface area is 135 Å². The highest BCUT2D eigenvalue weighted by atomic mass is 16.5. The van der Waals surface area contributed by atoms with Crippen molar-refractivity contribution >= 4 is 11.6 Å². The van der Waals surface area contributed by atoms with Gasteiger partial charge in [-0.1, -0.05) is 18.2 Å². The van der Waals surface area contributed by atoms with E-state index in [4.69, 9.17) is 9.47 Å². The molecule has 2 aromatic rings. The van der Waals surface area contributed by atoms with Gasteiger partial charge in [-0.25, -0.2) is 5.43 Å². The Morgan fingerprint density at radius 2 is 1.65 bits per heavy atom. The molecular weight excluding hydrogens is 292 g/mol. The number of rotatable bonds is 7. The highest BCUT2D eigenvalue weighted by Gasteiger charge is 2.03. The van der Waals surface area contributed by atoms with Crippen LogP contribution in [0.15, 0.2) is 59.7 Å². The van der Waals surface area contributed by atoms with Gasteiger partial charge in [-0.2, -0.15) is 5.10 Å². The molecule has 0 saturated heterocycles. The Bertz CT molecular complexity index is 652. The Hall–Kier alpha value is -2.82. The molecule has 2 rings (SSSR count). The average molecular weight is 312 g/mol. The van der Waals surface area contributed by atoms with Crippen molar-refractivity contribution in [2.45, 2.75) is 13.8 Å². The maximum atomic E-state index is 11.7. The number of benzene rings is 2. The predicted octanol–water partition coefficient (Wildman–Crippen LogP) is 3.00. The van der Waals surface area contributed by atoms with Crippen LogP contribution in [-0.4, -0.2) is 24.8 Å². The van der Waals surface area contributed by atoms with E-state index in [1.54, 1.807) is 12.1 Å². The first-order valence-corrected chi connectivity index (χ1v) is 7.43. The third-order valence-electron chi connectivity index (χ3n) is 3.04. The number of para-hydroxylation sites is 1. The van der Waals surface area contributed by atoms with Gasteiger partial charge in [0.2, 0.25) is 0 Å². The fourth-order valence-corrected chi connectivity index (χ4v) is 1.87. The van der Waals surface area contributed by atoms with E-state index in [9.17, 15) is 4.79 Å². The molecule has 2 aromatic carbocycles. The topological polar surface area (TPSA) is 59.9 Å². The fraction of sp³-hybridized carbons (Fsp3) is 0.222. The summed E-state index contributed by atoms with van der Waals surface area (Å²) in [6.07, 6.45) is 0. The molecule has 120 valence electrons. The summed E-state index contributed by atoms with van der Waals surface area (Å²) in [6.45, 7) is 4.32. The van der Waals surface area contributed by atoms with E-state index in [1.165, 1.54) is 0 Å². The smallest absolute Gasteiger partial charge is 0.277 e. The lowest BCUT2D eigenvalue weighted by molar-refractivity contribution is -0.123. The standard InChI is InChI=1S/C18H20N2O3/c1-3-22-17-11-9-15(10-12-17)14(2)19-20-18(21)13-23-16-7-5-4-6-8-16/h4-12H,3,13H2,1-2H3,(H,20,21)/b19-14+. The number of nitrogens with one attached hydrogen (secondary N) is 1. The van der Waals surface area contributed by atoms with Crippen molar-refractivity contribution in [3.8, 4) is 11.5 Å². The molecule has 5 nitrogen and oxygen atoms in total. The lowest BCUT2D eigenvalue weighted by Crippen LogP contribution is -2.25. The van der Waals surface area contributed by atoms with Crippen LogP contribution in [0, 0.1) is 0 Å². The Kier molecular flexibility index (Phi) is 6.17. The summed E-state index contributed by atoms with van der Waals surface area (Å²) in [5.41, 5.74) is 4.11. The van der Waals surface area contributed by atoms with E-state index >= 15 is 0 Å². The number of carbonyl (C=O) groups excluding carboxylic acids is 1. The van der Waals surface area contributed by atoms with Crippen LogP contribution in [-0.2, 0) is 4.79 Å². The van der Waals surface area contributed by atoms with E-state index in [1.807, 2.05) is 56.3 Å². The van der Waals surface area contributed by atoms with Crippen molar-refractivity contribution in [3.63, 3.8) is 0 Å². The first kappa shape index (κ1) is 16.5. The van der Waals surface area contributed by atoms with Crippen molar-refractivity contribution < 1.29 is 14.3 Å². The Morgan fingerprint density at radius 1 is 1.00 bits per heavy atom. The van der Waals surface area contributed by atoms with Crippen LogP contribution in [0.3, 0.4) is 0 Å². The maximum Gasteiger partial charge on any atom is 0.277 e. The zero-order chi connectivity index (χ0) is 16.5. The third-order valence-corrected chi connectivity index (χ3v) is 3.04. The zero-order valence-corrected chi connectivity index (χ0v) is 13.3. The monoisotopic (exact) mass is 312 g/mol. The van der Waals surface area contributed by atoms with Gasteiger partial charge in [0, 0.05) is 0 Å². The van der Waals surface area contributed by atoms with Gasteiger partial charge in [-0.15, -0.1) is 0 Å². The molecule has 0 radical (unpaired) electrons. The van der Waals surface area contributed by atoms with Gasteiger partial charge in [0.15, 0.2) is 6.61 Å². The van der Waals surface area contributed by atoms with E-state index in [2.05, 4.69) is 10.5 Å². The molecule has 0 aromatic heterocycles. The molecule has 0 atom stereocenters. The van der Waals surface area contributed by atoms with Crippen molar-refractivity contribution in [2.24, 2.45) is 5.10 Å². The van der Waals surface area contributed by atoms with Crippen molar-refractivity contribution in [1.82, 2.24) is 5.43 Å². The second-order valence-corrected chi connectivity index (χ2v) is 4.79. The summed E-state index contributed by atoms with van der Waals surface area (Å²) in [5, 5.41) is 4.08. The van der Waals surface area contributed by atoms with Crippen LogP contribution in [0.4, 0.5) is 0 Å². The lowest BCUT2D eigenvalue weighted by atomic mass is 10.1. The van der Waals surface area contributed by atoms with Gasteiger partial charge < -0.3 is 9.47 Å². The molecule has 0 aliphatic heterocycles. The van der Waals surface area contributed by atoms with E-state index in [0.29, 0.717) is 18.1 Å². The average Bonchev–Trinajstić information content (AvgIpc) is 2.59. The minimum absolute atomic E-state index is 0.0793. The highest BCUT2D eigenvalue weighted by molar-refractivity contribution is 5.99. The summed E-state index contributed by atoms with van der Waals surface area (Å²) < 4.78 is 10.7. The molecule has 0 aliphatic carbocycles. The minimum atomic E-state index is -0.306. The van der Waals surface area contributed by atoms with Gasteiger partial charge >= 0.3 is 0 Å². The highest BCUT2D eigenvalue weighted by Crippen LogP contribution is 2.12. The van der Waals surface area contributed by atoms with E-state index in [-0.39, 0.29) is 12.5 Å². The summed E-state index contributed by atoms with van der Waals surface area (Å²) in [6, 6.07) is 16.7. The van der Waals surface area contributed by atoms with Crippen LogP contribution < -0.4 is 14.9 Å². The number of carbonyl (C=O) groups is 1. The zero-order valence-electron chi connectivity index (χ0n) is 13.3. The first-order valence-electron chi connectivity index (χ1n) is 7.43. The first-order chi connectivity index (χ1) is 11.2. The van der Waals surface area contributed by atoms with Gasteiger partial charge in [0.05, 0.1) is 12.3 Å². The second kappa shape index (κ2) is 8.58. The molecule has 0 bridgehead atoms. The van der Waals surface area contributed by atoms with E-state index in [0.717, 1.165) is 11.3 Å².